The number of carbonyl (C=O) groups is 1. The van der Waals surface area contributed by atoms with E-state index in [2.05, 4.69) is 15.2 Å². The lowest BCUT2D eigenvalue weighted by Gasteiger charge is -2.09. The Hall–Kier alpha value is -2.68. The maximum absolute atomic E-state index is 12.2. The molecule has 0 saturated carbocycles. The van der Waals surface area contributed by atoms with E-state index >= 15 is 0 Å². The Morgan fingerprint density at radius 1 is 1.14 bits per heavy atom. The Bertz CT molecular complexity index is 833. The molecule has 1 N–H and O–H groups in total. The van der Waals surface area contributed by atoms with Gasteiger partial charge >= 0.3 is 6.18 Å². The lowest BCUT2D eigenvalue weighted by atomic mass is 10.1. The van der Waals surface area contributed by atoms with E-state index < -0.39 is 18.7 Å². The van der Waals surface area contributed by atoms with Crippen LogP contribution in [0.15, 0.2) is 41.2 Å². The summed E-state index contributed by atoms with van der Waals surface area (Å²) in [5.41, 5.74) is 1.26. The van der Waals surface area contributed by atoms with E-state index in [4.69, 9.17) is 0 Å². The van der Waals surface area contributed by atoms with Gasteiger partial charge in [0, 0.05) is 19.2 Å². The van der Waals surface area contributed by atoms with Crippen molar-refractivity contribution in [3.05, 3.63) is 63.6 Å². The number of nitrogens with one attached hydrogen (secondary N) is 1. The smallest absolute Gasteiger partial charge is 0.367 e. The Morgan fingerprint density at radius 2 is 1.82 bits per heavy atom. The predicted octanol–water partition coefficient (Wildman–Crippen LogP) is 3.05. The maximum Gasteiger partial charge on any atom is 0.411 e. The van der Waals surface area contributed by atoms with E-state index in [1.807, 2.05) is 6.92 Å². The summed E-state index contributed by atoms with van der Waals surface area (Å²) in [4.78, 5) is 24.0. The average Bonchev–Trinajstić information content (AvgIpc) is 2.65. The number of aryl methyl sites for hydroxylation is 1. The summed E-state index contributed by atoms with van der Waals surface area (Å²) in [7, 11) is 0. The van der Waals surface area contributed by atoms with E-state index in [1.54, 1.807) is 24.3 Å². The highest BCUT2D eigenvalue weighted by molar-refractivity contribution is 5.91. The number of rotatable bonds is 9. The molecule has 0 spiro atoms. The van der Waals surface area contributed by atoms with Crippen LogP contribution in [0.3, 0.4) is 0 Å². The quantitative estimate of drug-likeness (QED) is 0.706. The molecule has 0 radical (unpaired) electrons. The van der Waals surface area contributed by atoms with Gasteiger partial charge in [0.25, 0.3) is 11.5 Å². The molecular weight excluding hydrogens is 375 g/mol. The van der Waals surface area contributed by atoms with Gasteiger partial charge in [-0.1, -0.05) is 37.6 Å². The number of amides is 1. The fraction of sp³-hybridized carbons (Fsp3) is 0.421. The minimum Gasteiger partial charge on any atom is -0.367 e. The fourth-order valence-electron chi connectivity index (χ4n) is 2.35. The van der Waals surface area contributed by atoms with Crippen LogP contribution >= 0.6 is 0 Å². The summed E-state index contributed by atoms with van der Waals surface area (Å²) in [5, 5.41) is 6.78. The van der Waals surface area contributed by atoms with Gasteiger partial charge in [0.05, 0.1) is 6.61 Å². The zero-order valence-corrected chi connectivity index (χ0v) is 15.5. The van der Waals surface area contributed by atoms with Crippen molar-refractivity contribution in [2.24, 2.45) is 0 Å². The number of aromatic nitrogens is 2. The Balaban J connectivity index is 1.88. The summed E-state index contributed by atoms with van der Waals surface area (Å²) >= 11 is 0. The molecule has 0 aliphatic carbocycles. The SMILES string of the molecule is CCCCn1nc(C(=O)NCc2ccc(COCC(F)(F)F)cc2)ccc1=O. The van der Waals surface area contributed by atoms with Gasteiger partial charge in [-0.2, -0.15) is 18.3 Å². The van der Waals surface area contributed by atoms with Crippen molar-refractivity contribution in [3.63, 3.8) is 0 Å². The highest BCUT2D eigenvalue weighted by atomic mass is 19.4. The van der Waals surface area contributed by atoms with Gasteiger partial charge in [-0.05, 0) is 23.6 Å². The van der Waals surface area contributed by atoms with Crippen LogP contribution in [-0.2, 0) is 24.4 Å². The van der Waals surface area contributed by atoms with E-state index in [1.165, 1.54) is 16.8 Å². The Morgan fingerprint density at radius 3 is 2.46 bits per heavy atom. The number of halogens is 3. The van der Waals surface area contributed by atoms with Crippen molar-refractivity contribution in [3.8, 4) is 0 Å². The van der Waals surface area contributed by atoms with Crippen molar-refractivity contribution in [2.75, 3.05) is 6.61 Å². The van der Waals surface area contributed by atoms with Crippen LogP contribution in [0.2, 0.25) is 0 Å². The molecular formula is C19H22F3N3O3. The molecule has 0 fully saturated rings. The van der Waals surface area contributed by atoms with Crippen LogP contribution in [0.4, 0.5) is 13.2 Å². The first-order valence-corrected chi connectivity index (χ1v) is 8.87. The first-order chi connectivity index (χ1) is 13.3. The molecule has 9 heteroatoms. The van der Waals surface area contributed by atoms with Gasteiger partial charge in [0.15, 0.2) is 0 Å². The second kappa shape index (κ2) is 10.0. The van der Waals surface area contributed by atoms with Gasteiger partial charge in [-0.3, -0.25) is 9.59 Å². The first kappa shape index (κ1) is 21.6. The number of ether oxygens (including phenoxy) is 1. The van der Waals surface area contributed by atoms with Crippen molar-refractivity contribution in [1.29, 1.82) is 0 Å². The number of alkyl halides is 3. The van der Waals surface area contributed by atoms with Crippen LogP contribution in [-0.4, -0.2) is 28.5 Å². The van der Waals surface area contributed by atoms with E-state index in [9.17, 15) is 22.8 Å². The number of hydrogen-bond donors (Lipinski definition) is 1. The number of hydrogen-bond acceptors (Lipinski definition) is 4. The molecule has 1 aromatic heterocycles. The van der Waals surface area contributed by atoms with Crippen LogP contribution in [0, 0.1) is 0 Å². The van der Waals surface area contributed by atoms with Crippen LogP contribution in [0.1, 0.15) is 41.4 Å². The van der Waals surface area contributed by atoms with E-state index in [0.717, 1.165) is 18.4 Å². The summed E-state index contributed by atoms with van der Waals surface area (Å²) in [6.07, 6.45) is -2.66. The molecule has 0 bridgehead atoms. The minimum absolute atomic E-state index is 0.143. The second-order valence-electron chi connectivity index (χ2n) is 6.24. The highest BCUT2D eigenvalue weighted by Gasteiger charge is 2.27. The van der Waals surface area contributed by atoms with Crippen molar-refractivity contribution < 1.29 is 22.7 Å². The molecule has 0 unspecified atom stereocenters. The average molecular weight is 397 g/mol. The van der Waals surface area contributed by atoms with Crippen LogP contribution in [0.5, 0.6) is 0 Å². The van der Waals surface area contributed by atoms with Gasteiger partial charge in [0.1, 0.15) is 12.3 Å². The zero-order chi connectivity index (χ0) is 20.6. The predicted molar refractivity (Wildman–Crippen MR) is 96.7 cm³/mol. The second-order valence-corrected chi connectivity index (χ2v) is 6.24. The minimum atomic E-state index is -4.35. The molecule has 28 heavy (non-hydrogen) atoms. The molecule has 2 aromatic rings. The van der Waals surface area contributed by atoms with E-state index in [0.29, 0.717) is 12.1 Å². The molecule has 152 valence electrons. The molecule has 0 aliphatic rings. The van der Waals surface area contributed by atoms with Crippen LogP contribution in [0.25, 0.3) is 0 Å². The highest BCUT2D eigenvalue weighted by Crippen LogP contribution is 2.15. The normalized spacial score (nSPS) is 11.4. The van der Waals surface area contributed by atoms with E-state index in [-0.39, 0.29) is 24.4 Å². The third kappa shape index (κ3) is 7.15. The molecule has 0 saturated heterocycles. The number of unbranched alkanes of at least 4 members (excludes halogenated alkanes) is 1. The van der Waals surface area contributed by atoms with Gasteiger partial charge in [0.2, 0.25) is 0 Å². The third-order valence-electron chi connectivity index (χ3n) is 3.83. The van der Waals surface area contributed by atoms with Crippen LogP contribution < -0.4 is 10.9 Å². The van der Waals surface area contributed by atoms with Gasteiger partial charge in [-0.15, -0.1) is 0 Å². The summed E-state index contributed by atoms with van der Waals surface area (Å²) in [6, 6.07) is 9.36. The monoisotopic (exact) mass is 397 g/mol. The Kier molecular flexibility index (Phi) is 7.74. The number of carbonyl (C=O) groups excluding carboxylic acids is 1. The van der Waals surface area contributed by atoms with Gasteiger partial charge < -0.3 is 10.1 Å². The number of nitrogens with zero attached hydrogens (tertiary/aromatic N) is 2. The van der Waals surface area contributed by atoms with Crippen molar-refractivity contribution >= 4 is 5.91 Å². The largest absolute Gasteiger partial charge is 0.411 e. The number of benzene rings is 1. The standard InChI is InChI=1S/C19H22F3N3O3/c1-2-3-10-25-17(26)9-8-16(24-25)18(27)23-11-14-4-6-15(7-5-14)12-28-13-19(20,21)22/h4-9H,2-3,10-13H2,1H3,(H,23,27). The molecule has 1 amide bonds. The lowest BCUT2D eigenvalue weighted by molar-refractivity contribution is -0.176. The summed E-state index contributed by atoms with van der Waals surface area (Å²) in [6.45, 7) is 1.23. The first-order valence-electron chi connectivity index (χ1n) is 8.87. The topological polar surface area (TPSA) is 73.2 Å². The van der Waals surface area contributed by atoms with Crippen molar-refractivity contribution in [1.82, 2.24) is 15.1 Å². The van der Waals surface area contributed by atoms with Crippen molar-refractivity contribution in [2.45, 2.75) is 45.6 Å². The molecule has 0 aliphatic heterocycles. The Labute approximate surface area is 160 Å². The zero-order valence-electron chi connectivity index (χ0n) is 15.5. The summed E-state index contributed by atoms with van der Waals surface area (Å²) < 4.78 is 42.0. The molecule has 2 rings (SSSR count). The molecule has 1 heterocycles. The lowest BCUT2D eigenvalue weighted by Crippen LogP contribution is -2.29. The summed E-state index contributed by atoms with van der Waals surface area (Å²) in [5.74, 6) is -0.414. The molecule has 6 nitrogen and oxygen atoms in total. The van der Waals surface area contributed by atoms with Gasteiger partial charge in [-0.25, -0.2) is 4.68 Å². The maximum atomic E-state index is 12.2. The molecule has 1 aromatic carbocycles. The third-order valence-corrected chi connectivity index (χ3v) is 3.83. The fourth-order valence-corrected chi connectivity index (χ4v) is 2.35. The molecule has 0 atom stereocenters.